The minimum Gasteiger partial charge on any atom is -0.479 e. The Labute approximate surface area is 155 Å². The maximum atomic E-state index is 9.90. The molecule has 27 heavy (non-hydrogen) atoms. The van der Waals surface area contributed by atoms with Crippen LogP contribution in [0.15, 0.2) is 36.7 Å². The standard InChI is InChI=1S/C19H20N6O2/c1-19(26)9-11(10-19)21-18-23-17(27-2)16-12(5-7-25(16)24-18)14-8-15-13(22-14)4-3-6-20-15/h3-8,11,22,26H,9-10H2,1-2H3,(H,21,24). The number of hydrogen-bond acceptors (Lipinski definition) is 6. The van der Waals surface area contributed by atoms with Crippen molar-refractivity contribution in [2.75, 3.05) is 12.4 Å². The Morgan fingerprint density at radius 2 is 2.22 bits per heavy atom. The van der Waals surface area contributed by atoms with Crippen molar-refractivity contribution < 1.29 is 9.84 Å². The quantitative estimate of drug-likeness (QED) is 0.515. The first-order valence-electron chi connectivity index (χ1n) is 8.89. The molecule has 0 saturated heterocycles. The van der Waals surface area contributed by atoms with Crippen LogP contribution in [-0.4, -0.2) is 48.4 Å². The summed E-state index contributed by atoms with van der Waals surface area (Å²) in [5.41, 5.74) is 3.95. The number of aromatic amines is 1. The van der Waals surface area contributed by atoms with Crippen molar-refractivity contribution in [3.8, 4) is 17.1 Å². The van der Waals surface area contributed by atoms with Gasteiger partial charge in [-0.2, -0.15) is 4.98 Å². The molecule has 138 valence electrons. The number of nitrogens with zero attached hydrogens (tertiary/aromatic N) is 4. The molecule has 8 heteroatoms. The average Bonchev–Trinajstić information content (AvgIpc) is 3.23. The number of methoxy groups -OCH3 is 1. The number of aliphatic hydroxyl groups is 1. The number of H-pyrrole nitrogens is 1. The third kappa shape index (κ3) is 2.69. The van der Waals surface area contributed by atoms with Crippen molar-refractivity contribution >= 4 is 22.5 Å². The molecule has 4 aromatic rings. The van der Waals surface area contributed by atoms with Crippen LogP contribution in [0.5, 0.6) is 5.88 Å². The fourth-order valence-electron chi connectivity index (χ4n) is 3.80. The molecule has 0 bridgehead atoms. The van der Waals surface area contributed by atoms with Crippen LogP contribution in [-0.2, 0) is 0 Å². The number of ether oxygens (including phenoxy) is 1. The first kappa shape index (κ1) is 16.1. The van der Waals surface area contributed by atoms with E-state index in [-0.39, 0.29) is 6.04 Å². The zero-order chi connectivity index (χ0) is 18.6. The lowest BCUT2D eigenvalue weighted by Gasteiger charge is -2.41. The third-order valence-corrected chi connectivity index (χ3v) is 5.06. The number of nitrogens with one attached hydrogen (secondary N) is 2. The van der Waals surface area contributed by atoms with Gasteiger partial charge in [0.05, 0.1) is 29.4 Å². The lowest BCUT2D eigenvalue weighted by Crippen LogP contribution is -2.48. The summed E-state index contributed by atoms with van der Waals surface area (Å²) >= 11 is 0. The van der Waals surface area contributed by atoms with E-state index in [0.29, 0.717) is 24.7 Å². The van der Waals surface area contributed by atoms with Crippen LogP contribution in [0.4, 0.5) is 5.95 Å². The Morgan fingerprint density at radius 3 is 2.96 bits per heavy atom. The number of pyridine rings is 1. The molecular weight excluding hydrogens is 344 g/mol. The fourth-order valence-corrected chi connectivity index (χ4v) is 3.80. The van der Waals surface area contributed by atoms with E-state index in [1.807, 2.05) is 37.4 Å². The summed E-state index contributed by atoms with van der Waals surface area (Å²) in [4.78, 5) is 12.3. The highest BCUT2D eigenvalue weighted by atomic mass is 16.5. The molecule has 0 atom stereocenters. The number of fused-ring (bicyclic) bond motifs is 2. The number of hydrogen-bond donors (Lipinski definition) is 3. The summed E-state index contributed by atoms with van der Waals surface area (Å²) in [7, 11) is 1.60. The normalized spacial score (nSPS) is 22.1. The van der Waals surface area contributed by atoms with Gasteiger partial charge in [-0.3, -0.25) is 4.98 Å². The SMILES string of the molecule is COc1nc(NC2CC(C)(O)C2)nn2ccc(-c3cc4ncccc4[nH]3)c12. The van der Waals surface area contributed by atoms with Gasteiger partial charge in [0.25, 0.3) is 0 Å². The molecule has 0 spiro atoms. The zero-order valence-corrected chi connectivity index (χ0v) is 15.1. The number of aromatic nitrogens is 5. The predicted molar refractivity (Wildman–Crippen MR) is 102 cm³/mol. The Balaban J connectivity index is 1.55. The van der Waals surface area contributed by atoms with Crippen molar-refractivity contribution in [3.63, 3.8) is 0 Å². The zero-order valence-electron chi connectivity index (χ0n) is 15.1. The monoisotopic (exact) mass is 364 g/mol. The molecule has 1 aliphatic rings. The summed E-state index contributed by atoms with van der Waals surface area (Å²) in [5.74, 6) is 0.977. The van der Waals surface area contributed by atoms with Crippen LogP contribution in [0.3, 0.4) is 0 Å². The average molecular weight is 364 g/mol. The molecule has 1 fully saturated rings. The van der Waals surface area contributed by atoms with Gasteiger partial charge in [0.1, 0.15) is 5.52 Å². The van der Waals surface area contributed by atoms with E-state index in [0.717, 1.165) is 27.8 Å². The smallest absolute Gasteiger partial charge is 0.244 e. The highest BCUT2D eigenvalue weighted by Crippen LogP contribution is 2.35. The van der Waals surface area contributed by atoms with Crippen LogP contribution >= 0.6 is 0 Å². The second-order valence-corrected chi connectivity index (χ2v) is 7.33. The minimum absolute atomic E-state index is 0.164. The Morgan fingerprint density at radius 1 is 1.37 bits per heavy atom. The highest BCUT2D eigenvalue weighted by molar-refractivity contribution is 5.89. The maximum Gasteiger partial charge on any atom is 0.244 e. The van der Waals surface area contributed by atoms with Gasteiger partial charge in [-0.15, -0.1) is 5.10 Å². The lowest BCUT2D eigenvalue weighted by molar-refractivity contribution is -0.0236. The van der Waals surface area contributed by atoms with Gasteiger partial charge in [0, 0.05) is 24.0 Å². The first-order chi connectivity index (χ1) is 13.0. The Bertz CT molecular complexity index is 1100. The van der Waals surface area contributed by atoms with Crippen molar-refractivity contribution in [2.24, 2.45) is 0 Å². The minimum atomic E-state index is -0.601. The number of anilines is 1. The van der Waals surface area contributed by atoms with Crippen LogP contribution in [0.2, 0.25) is 0 Å². The molecule has 4 aromatic heterocycles. The fraction of sp³-hybridized carbons (Fsp3) is 0.316. The van der Waals surface area contributed by atoms with E-state index in [4.69, 9.17) is 4.74 Å². The summed E-state index contributed by atoms with van der Waals surface area (Å²) < 4.78 is 7.31. The second-order valence-electron chi connectivity index (χ2n) is 7.33. The summed E-state index contributed by atoms with van der Waals surface area (Å²) in [6.07, 6.45) is 5.01. The highest BCUT2D eigenvalue weighted by Gasteiger charge is 2.38. The first-order valence-corrected chi connectivity index (χ1v) is 8.89. The Hall–Kier alpha value is -3.13. The molecule has 5 rings (SSSR count). The Kier molecular flexibility index (Phi) is 3.38. The largest absolute Gasteiger partial charge is 0.479 e. The molecule has 3 N–H and O–H groups in total. The van der Waals surface area contributed by atoms with Gasteiger partial charge in [-0.25, -0.2) is 4.52 Å². The molecule has 0 radical (unpaired) electrons. The van der Waals surface area contributed by atoms with Gasteiger partial charge >= 0.3 is 0 Å². The molecule has 0 aliphatic heterocycles. The van der Waals surface area contributed by atoms with E-state index < -0.39 is 5.60 Å². The van der Waals surface area contributed by atoms with Gasteiger partial charge in [-0.1, -0.05) is 0 Å². The van der Waals surface area contributed by atoms with E-state index in [1.54, 1.807) is 17.8 Å². The lowest BCUT2D eigenvalue weighted by atomic mass is 9.77. The topological polar surface area (TPSA) is 100 Å². The molecular formula is C19H20N6O2. The van der Waals surface area contributed by atoms with Gasteiger partial charge < -0.3 is 20.1 Å². The van der Waals surface area contributed by atoms with Crippen molar-refractivity contribution in [1.82, 2.24) is 24.6 Å². The van der Waals surface area contributed by atoms with Crippen molar-refractivity contribution in [2.45, 2.75) is 31.4 Å². The van der Waals surface area contributed by atoms with Crippen LogP contribution in [0.25, 0.3) is 27.8 Å². The van der Waals surface area contributed by atoms with Crippen LogP contribution in [0.1, 0.15) is 19.8 Å². The molecule has 0 amide bonds. The molecule has 0 unspecified atom stereocenters. The third-order valence-electron chi connectivity index (χ3n) is 5.06. The second kappa shape index (κ2) is 5.68. The van der Waals surface area contributed by atoms with Crippen molar-refractivity contribution in [1.29, 1.82) is 0 Å². The van der Waals surface area contributed by atoms with E-state index in [1.165, 1.54) is 0 Å². The van der Waals surface area contributed by atoms with E-state index in [2.05, 4.69) is 25.4 Å². The molecule has 4 heterocycles. The maximum absolute atomic E-state index is 9.90. The molecule has 1 saturated carbocycles. The van der Waals surface area contributed by atoms with Crippen molar-refractivity contribution in [3.05, 3.63) is 36.7 Å². The summed E-state index contributed by atoms with van der Waals surface area (Å²) in [5, 5.41) is 17.7. The summed E-state index contributed by atoms with van der Waals surface area (Å²) in [6.45, 7) is 1.84. The molecule has 1 aliphatic carbocycles. The number of rotatable bonds is 4. The summed E-state index contributed by atoms with van der Waals surface area (Å²) in [6, 6.07) is 8.05. The molecule has 8 nitrogen and oxygen atoms in total. The molecule has 0 aromatic carbocycles. The van der Waals surface area contributed by atoms with Gasteiger partial charge in [0.2, 0.25) is 11.8 Å². The van der Waals surface area contributed by atoms with E-state index in [9.17, 15) is 5.11 Å². The van der Waals surface area contributed by atoms with Gasteiger partial charge in [-0.05, 0) is 44.0 Å². The van der Waals surface area contributed by atoms with Crippen LogP contribution < -0.4 is 10.1 Å². The van der Waals surface area contributed by atoms with E-state index >= 15 is 0 Å². The predicted octanol–water partition coefficient (Wildman–Crippen LogP) is 2.61. The van der Waals surface area contributed by atoms with Gasteiger partial charge in [0.15, 0.2) is 0 Å². The van der Waals surface area contributed by atoms with Crippen LogP contribution in [0, 0.1) is 0 Å².